The van der Waals surface area contributed by atoms with E-state index in [2.05, 4.69) is 53.4 Å². The Morgan fingerprint density at radius 3 is 1.84 bits per heavy atom. The molecule has 1 aliphatic heterocycles. The summed E-state index contributed by atoms with van der Waals surface area (Å²) < 4.78 is 0. The van der Waals surface area contributed by atoms with Crippen LogP contribution >= 0.6 is 0 Å². The highest BCUT2D eigenvalue weighted by molar-refractivity contribution is 6.07. The van der Waals surface area contributed by atoms with Crippen LogP contribution < -0.4 is 4.90 Å². The summed E-state index contributed by atoms with van der Waals surface area (Å²) >= 11 is 0. The molecular weight excluding hydrogens is 232 g/mol. The lowest BCUT2D eigenvalue weighted by molar-refractivity contribution is 0.949. The normalized spacial score (nSPS) is 15.5. The van der Waals surface area contributed by atoms with Gasteiger partial charge in [-0.25, -0.2) is 4.98 Å². The van der Waals surface area contributed by atoms with Gasteiger partial charge in [0.1, 0.15) is 0 Å². The molecule has 0 radical (unpaired) electrons. The topological polar surface area (TPSA) is 16.1 Å². The van der Waals surface area contributed by atoms with E-state index in [-0.39, 0.29) is 0 Å². The van der Waals surface area contributed by atoms with Crippen molar-refractivity contribution in [2.75, 3.05) is 18.0 Å². The van der Waals surface area contributed by atoms with Gasteiger partial charge >= 0.3 is 0 Å². The second-order valence-electron chi connectivity index (χ2n) is 5.19. The van der Waals surface area contributed by atoms with Gasteiger partial charge in [-0.1, -0.05) is 36.4 Å². The Kier molecular flexibility index (Phi) is 2.41. The fourth-order valence-electron chi connectivity index (χ4n) is 3.10. The number of para-hydroxylation sites is 2. The van der Waals surface area contributed by atoms with Crippen LogP contribution in [-0.4, -0.2) is 18.1 Å². The fourth-order valence-corrected chi connectivity index (χ4v) is 3.10. The van der Waals surface area contributed by atoms with E-state index in [9.17, 15) is 0 Å². The summed E-state index contributed by atoms with van der Waals surface area (Å²) in [6.07, 6.45) is 2.59. The van der Waals surface area contributed by atoms with Crippen molar-refractivity contribution in [1.29, 1.82) is 0 Å². The van der Waals surface area contributed by atoms with Crippen molar-refractivity contribution >= 4 is 27.5 Å². The number of aromatic nitrogens is 1. The standard InChI is InChI=1S/C17H16N2/c1-3-9-15-13(7-1)17(19-11-5-6-12-19)14-8-2-4-10-16(14)18-15/h1-4,7-10H,5-6,11-12H2. The molecule has 1 aromatic heterocycles. The van der Waals surface area contributed by atoms with E-state index in [4.69, 9.17) is 4.98 Å². The highest BCUT2D eigenvalue weighted by Gasteiger charge is 2.18. The molecule has 94 valence electrons. The number of anilines is 1. The second-order valence-corrected chi connectivity index (χ2v) is 5.19. The second kappa shape index (κ2) is 4.23. The maximum absolute atomic E-state index is 4.78. The van der Waals surface area contributed by atoms with Crippen molar-refractivity contribution in [3.63, 3.8) is 0 Å². The van der Waals surface area contributed by atoms with Gasteiger partial charge in [0.05, 0.1) is 16.7 Å². The Balaban J connectivity index is 2.13. The molecule has 0 N–H and O–H groups in total. The first-order valence-corrected chi connectivity index (χ1v) is 6.96. The molecule has 0 atom stereocenters. The third-order valence-electron chi connectivity index (χ3n) is 3.98. The summed E-state index contributed by atoms with van der Waals surface area (Å²) in [4.78, 5) is 7.30. The maximum atomic E-state index is 4.78. The van der Waals surface area contributed by atoms with Crippen molar-refractivity contribution < 1.29 is 0 Å². The molecule has 2 nitrogen and oxygen atoms in total. The van der Waals surface area contributed by atoms with Crippen molar-refractivity contribution in [1.82, 2.24) is 4.98 Å². The molecular formula is C17H16N2. The Morgan fingerprint density at radius 2 is 1.26 bits per heavy atom. The molecule has 1 fully saturated rings. The lowest BCUT2D eigenvalue weighted by Gasteiger charge is -2.22. The van der Waals surface area contributed by atoms with Gasteiger partial charge in [-0.3, -0.25) is 0 Å². The first-order valence-electron chi connectivity index (χ1n) is 6.96. The summed E-state index contributed by atoms with van der Waals surface area (Å²) in [5.41, 5.74) is 3.57. The molecule has 0 saturated carbocycles. The fraction of sp³-hybridized carbons (Fsp3) is 0.235. The average molecular weight is 248 g/mol. The van der Waals surface area contributed by atoms with Crippen LogP contribution in [0.2, 0.25) is 0 Å². The van der Waals surface area contributed by atoms with E-state index < -0.39 is 0 Å². The quantitative estimate of drug-likeness (QED) is 0.605. The van der Waals surface area contributed by atoms with Crippen LogP contribution in [0.1, 0.15) is 12.8 Å². The largest absolute Gasteiger partial charge is 0.370 e. The zero-order valence-corrected chi connectivity index (χ0v) is 10.8. The number of rotatable bonds is 1. The van der Waals surface area contributed by atoms with Crippen LogP contribution in [0.3, 0.4) is 0 Å². The van der Waals surface area contributed by atoms with Gasteiger partial charge in [0, 0.05) is 23.9 Å². The van der Waals surface area contributed by atoms with Gasteiger partial charge in [-0.2, -0.15) is 0 Å². The number of hydrogen-bond donors (Lipinski definition) is 0. The predicted molar refractivity (Wildman–Crippen MR) is 80.7 cm³/mol. The molecule has 0 bridgehead atoms. The number of nitrogens with zero attached hydrogens (tertiary/aromatic N) is 2. The van der Waals surface area contributed by atoms with Gasteiger partial charge in [-0.15, -0.1) is 0 Å². The number of hydrogen-bond acceptors (Lipinski definition) is 2. The van der Waals surface area contributed by atoms with Gasteiger partial charge in [0.15, 0.2) is 0 Å². The lowest BCUT2D eigenvalue weighted by Crippen LogP contribution is -2.18. The molecule has 1 aliphatic rings. The first-order chi connectivity index (χ1) is 9.43. The van der Waals surface area contributed by atoms with Gasteiger partial charge in [-0.05, 0) is 25.0 Å². The third kappa shape index (κ3) is 1.67. The number of fused-ring (bicyclic) bond motifs is 2. The van der Waals surface area contributed by atoms with Crippen LogP contribution in [0, 0.1) is 0 Å². The minimum Gasteiger partial charge on any atom is -0.370 e. The molecule has 4 rings (SSSR count). The summed E-state index contributed by atoms with van der Waals surface area (Å²) in [5, 5.41) is 2.56. The summed E-state index contributed by atoms with van der Waals surface area (Å²) in [6.45, 7) is 2.33. The molecule has 0 spiro atoms. The SMILES string of the molecule is c1ccc2c(N3CCCC3)c3ccccc3nc2c1. The molecule has 0 amide bonds. The van der Waals surface area contributed by atoms with E-state index in [0.717, 1.165) is 24.1 Å². The lowest BCUT2D eigenvalue weighted by atomic mass is 10.1. The van der Waals surface area contributed by atoms with Crippen LogP contribution in [0.25, 0.3) is 21.8 Å². The van der Waals surface area contributed by atoms with Crippen molar-refractivity contribution in [3.8, 4) is 0 Å². The Hall–Kier alpha value is -2.09. The molecule has 0 unspecified atom stereocenters. The molecule has 1 saturated heterocycles. The minimum atomic E-state index is 1.10. The van der Waals surface area contributed by atoms with E-state index in [0.29, 0.717) is 0 Å². The zero-order chi connectivity index (χ0) is 12.7. The molecule has 19 heavy (non-hydrogen) atoms. The van der Waals surface area contributed by atoms with Crippen LogP contribution in [0.15, 0.2) is 48.5 Å². The van der Waals surface area contributed by atoms with Gasteiger partial charge in [0.25, 0.3) is 0 Å². The summed E-state index contributed by atoms with van der Waals surface area (Å²) in [7, 11) is 0. The Bertz CT molecular complexity index is 688. The zero-order valence-electron chi connectivity index (χ0n) is 10.8. The van der Waals surface area contributed by atoms with Crippen LogP contribution in [0.4, 0.5) is 5.69 Å². The van der Waals surface area contributed by atoms with E-state index in [1.54, 1.807) is 0 Å². The Morgan fingerprint density at radius 1 is 0.737 bits per heavy atom. The third-order valence-corrected chi connectivity index (χ3v) is 3.98. The molecule has 2 aromatic carbocycles. The van der Waals surface area contributed by atoms with Gasteiger partial charge < -0.3 is 4.90 Å². The predicted octanol–water partition coefficient (Wildman–Crippen LogP) is 3.99. The summed E-state index contributed by atoms with van der Waals surface area (Å²) in [5.74, 6) is 0. The smallest absolute Gasteiger partial charge is 0.0730 e. The number of benzene rings is 2. The Labute approximate surface area is 112 Å². The number of pyridine rings is 1. The van der Waals surface area contributed by atoms with E-state index >= 15 is 0 Å². The van der Waals surface area contributed by atoms with Gasteiger partial charge in [0.2, 0.25) is 0 Å². The van der Waals surface area contributed by atoms with Crippen LogP contribution in [0.5, 0.6) is 0 Å². The van der Waals surface area contributed by atoms with Crippen molar-refractivity contribution in [2.45, 2.75) is 12.8 Å². The molecule has 2 heteroatoms. The highest BCUT2D eigenvalue weighted by atomic mass is 15.1. The maximum Gasteiger partial charge on any atom is 0.0730 e. The van der Waals surface area contributed by atoms with Crippen molar-refractivity contribution in [2.24, 2.45) is 0 Å². The molecule has 2 heterocycles. The summed E-state index contributed by atoms with van der Waals surface area (Å²) in [6, 6.07) is 17.0. The first kappa shape index (κ1) is 10.8. The monoisotopic (exact) mass is 248 g/mol. The van der Waals surface area contributed by atoms with Crippen molar-refractivity contribution in [3.05, 3.63) is 48.5 Å². The average Bonchev–Trinajstić information content (AvgIpc) is 2.98. The van der Waals surface area contributed by atoms with E-state index in [1.165, 1.54) is 29.3 Å². The molecule has 0 aliphatic carbocycles. The minimum absolute atomic E-state index is 1.10. The van der Waals surface area contributed by atoms with Crippen LogP contribution in [-0.2, 0) is 0 Å². The highest BCUT2D eigenvalue weighted by Crippen LogP contribution is 2.35. The molecule has 3 aromatic rings. The van der Waals surface area contributed by atoms with E-state index in [1.807, 2.05) is 0 Å².